The molecule has 1 heterocycles. The Bertz CT molecular complexity index is 1110. The fourth-order valence-corrected chi connectivity index (χ4v) is 3.82. The number of fused-ring (bicyclic) bond motifs is 1. The van der Waals surface area contributed by atoms with Gasteiger partial charge < -0.3 is 15.4 Å². The van der Waals surface area contributed by atoms with Crippen molar-refractivity contribution in [2.24, 2.45) is 5.41 Å². The van der Waals surface area contributed by atoms with Crippen LogP contribution in [0.4, 0.5) is 23.1 Å². The summed E-state index contributed by atoms with van der Waals surface area (Å²) in [5.74, 6) is 1.73. The topological polar surface area (TPSA) is 76.1 Å². The van der Waals surface area contributed by atoms with Crippen molar-refractivity contribution >= 4 is 28.9 Å². The number of aryl methyl sites for hydroxylation is 1. The standard InChI is InChI=1S/C24H26N4O2/c1-15-9-5-6-10-16(15)25-22-21-18(13-24(2,3)14-19(21)29)27-23(28-22)26-17-11-7-8-12-20(17)30-4/h5-12H,13-14H2,1-4H3,(H2,25,26,27,28). The minimum atomic E-state index is -0.139. The van der Waals surface area contributed by atoms with Crippen LogP contribution in [0.2, 0.25) is 0 Å². The van der Waals surface area contributed by atoms with Crippen LogP contribution in [0.1, 0.15) is 41.9 Å². The Kier molecular flexibility index (Phi) is 5.16. The predicted octanol–water partition coefficient (Wildman–Crippen LogP) is 5.44. The molecule has 1 aliphatic carbocycles. The van der Waals surface area contributed by atoms with Crippen molar-refractivity contribution in [1.29, 1.82) is 0 Å². The average Bonchev–Trinajstić information content (AvgIpc) is 2.68. The lowest BCUT2D eigenvalue weighted by molar-refractivity contribution is 0.0911. The van der Waals surface area contributed by atoms with E-state index in [-0.39, 0.29) is 11.2 Å². The maximum absolute atomic E-state index is 13.0. The van der Waals surface area contributed by atoms with Crippen molar-refractivity contribution < 1.29 is 9.53 Å². The van der Waals surface area contributed by atoms with E-state index in [0.717, 1.165) is 22.6 Å². The molecule has 0 saturated heterocycles. The van der Waals surface area contributed by atoms with E-state index in [1.54, 1.807) is 7.11 Å². The first kappa shape index (κ1) is 19.9. The molecule has 2 N–H and O–H groups in total. The molecule has 154 valence electrons. The van der Waals surface area contributed by atoms with Gasteiger partial charge in [-0.2, -0.15) is 4.98 Å². The number of rotatable bonds is 5. The Labute approximate surface area is 176 Å². The predicted molar refractivity (Wildman–Crippen MR) is 119 cm³/mol. The van der Waals surface area contributed by atoms with Gasteiger partial charge in [0.25, 0.3) is 0 Å². The summed E-state index contributed by atoms with van der Waals surface area (Å²) in [4.78, 5) is 22.4. The molecule has 30 heavy (non-hydrogen) atoms. The number of hydrogen-bond acceptors (Lipinski definition) is 6. The van der Waals surface area contributed by atoms with Crippen LogP contribution in [0.5, 0.6) is 5.75 Å². The van der Waals surface area contributed by atoms with Gasteiger partial charge in [0.05, 0.1) is 24.1 Å². The second-order valence-electron chi connectivity index (χ2n) is 8.42. The van der Waals surface area contributed by atoms with Crippen molar-refractivity contribution in [2.75, 3.05) is 17.7 Å². The molecular weight excluding hydrogens is 376 g/mol. The normalized spacial score (nSPS) is 14.7. The lowest BCUT2D eigenvalue weighted by Gasteiger charge is -2.30. The van der Waals surface area contributed by atoms with Crippen LogP contribution in [0, 0.1) is 12.3 Å². The number of aromatic nitrogens is 2. The highest BCUT2D eigenvalue weighted by Gasteiger charge is 2.35. The molecule has 0 unspecified atom stereocenters. The van der Waals surface area contributed by atoms with Gasteiger partial charge in [-0.15, -0.1) is 0 Å². The summed E-state index contributed by atoms with van der Waals surface area (Å²) in [7, 11) is 1.63. The van der Waals surface area contributed by atoms with Crippen LogP contribution < -0.4 is 15.4 Å². The maximum Gasteiger partial charge on any atom is 0.229 e. The fourth-order valence-electron chi connectivity index (χ4n) is 3.82. The van der Waals surface area contributed by atoms with Crippen LogP contribution in [0.25, 0.3) is 0 Å². The van der Waals surface area contributed by atoms with Crippen LogP contribution in [-0.2, 0) is 6.42 Å². The summed E-state index contributed by atoms with van der Waals surface area (Å²) >= 11 is 0. The molecule has 1 aliphatic rings. The van der Waals surface area contributed by atoms with E-state index in [4.69, 9.17) is 9.72 Å². The van der Waals surface area contributed by atoms with E-state index in [1.165, 1.54) is 0 Å². The number of ether oxygens (including phenoxy) is 1. The highest BCUT2D eigenvalue weighted by atomic mass is 16.5. The number of benzene rings is 2. The monoisotopic (exact) mass is 402 g/mol. The van der Waals surface area contributed by atoms with E-state index < -0.39 is 0 Å². The molecule has 6 nitrogen and oxygen atoms in total. The molecule has 0 amide bonds. The number of methoxy groups -OCH3 is 1. The van der Waals surface area contributed by atoms with Crippen LogP contribution in [-0.4, -0.2) is 22.9 Å². The van der Waals surface area contributed by atoms with Gasteiger partial charge in [0.2, 0.25) is 5.95 Å². The summed E-state index contributed by atoms with van der Waals surface area (Å²) in [6, 6.07) is 15.6. The number of hydrogen-bond donors (Lipinski definition) is 2. The van der Waals surface area contributed by atoms with Gasteiger partial charge >= 0.3 is 0 Å². The third-order valence-corrected chi connectivity index (χ3v) is 5.30. The summed E-state index contributed by atoms with van der Waals surface area (Å²) in [6.45, 7) is 6.21. The summed E-state index contributed by atoms with van der Waals surface area (Å²) in [6.07, 6.45) is 1.19. The highest BCUT2D eigenvalue weighted by Crippen LogP contribution is 2.38. The maximum atomic E-state index is 13.0. The number of anilines is 4. The molecule has 4 rings (SSSR count). The SMILES string of the molecule is COc1ccccc1Nc1nc2c(c(Nc3ccccc3C)n1)C(=O)CC(C)(C)C2. The van der Waals surface area contributed by atoms with Gasteiger partial charge in [0, 0.05) is 12.1 Å². The van der Waals surface area contributed by atoms with Crippen molar-refractivity contribution in [1.82, 2.24) is 9.97 Å². The quantitative estimate of drug-likeness (QED) is 0.592. The molecule has 0 bridgehead atoms. The minimum absolute atomic E-state index is 0.0705. The second-order valence-corrected chi connectivity index (χ2v) is 8.42. The van der Waals surface area contributed by atoms with E-state index in [9.17, 15) is 4.79 Å². The number of carbonyl (C=O) groups is 1. The molecule has 0 atom stereocenters. The third kappa shape index (κ3) is 3.99. The number of Topliss-reactive ketones (excluding diaryl/α,β-unsaturated/α-hetero) is 1. The smallest absolute Gasteiger partial charge is 0.229 e. The molecular formula is C24H26N4O2. The van der Waals surface area contributed by atoms with Gasteiger partial charge in [0.15, 0.2) is 5.78 Å². The Morgan fingerprint density at radius 2 is 1.63 bits per heavy atom. The van der Waals surface area contributed by atoms with Crippen molar-refractivity contribution in [3.05, 3.63) is 65.4 Å². The number of ketones is 1. The molecule has 0 spiro atoms. The van der Waals surface area contributed by atoms with Gasteiger partial charge in [-0.25, -0.2) is 4.98 Å². The van der Waals surface area contributed by atoms with Gasteiger partial charge in [-0.3, -0.25) is 4.79 Å². The van der Waals surface area contributed by atoms with Crippen LogP contribution in [0.3, 0.4) is 0 Å². The van der Waals surface area contributed by atoms with E-state index >= 15 is 0 Å². The Balaban J connectivity index is 1.80. The highest BCUT2D eigenvalue weighted by molar-refractivity contribution is 6.03. The van der Waals surface area contributed by atoms with Crippen LogP contribution in [0.15, 0.2) is 48.5 Å². The summed E-state index contributed by atoms with van der Waals surface area (Å²) < 4.78 is 5.43. The summed E-state index contributed by atoms with van der Waals surface area (Å²) in [5.41, 5.74) is 3.97. The second kappa shape index (κ2) is 7.78. The molecule has 0 aliphatic heterocycles. The fraction of sp³-hybridized carbons (Fsp3) is 0.292. The zero-order valence-corrected chi connectivity index (χ0v) is 17.7. The molecule has 6 heteroatoms. The van der Waals surface area contributed by atoms with Crippen LogP contribution >= 0.6 is 0 Å². The molecule has 1 aromatic heterocycles. The average molecular weight is 402 g/mol. The molecule has 0 radical (unpaired) electrons. The first-order valence-corrected chi connectivity index (χ1v) is 10.0. The van der Waals surface area contributed by atoms with Crippen molar-refractivity contribution in [3.63, 3.8) is 0 Å². The van der Waals surface area contributed by atoms with E-state index in [1.807, 2.05) is 55.5 Å². The van der Waals surface area contributed by atoms with Gasteiger partial charge in [-0.05, 0) is 42.5 Å². The lowest BCUT2D eigenvalue weighted by Crippen LogP contribution is -2.29. The Morgan fingerprint density at radius 1 is 0.933 bits per heavy atom. The summed E-state index contributed by atoms with van der Waals surface area (Å²) in [5, 5.41) is 6.63. The molecule has 3 aromatic rings. The molecule has 0 fully saturated rings. The molecule has 0 saturated carbocycles. The third-order valence-electron chi connectivity index (χ3n) is 5.30. The minimum Gasteiger partial charge on any atom is -0.495 e. The Morgan fingerprint density at radius 3 is 2.37 bits per heavy atom. The largest absolute Gasteiger partial charge is 0.495 e. The zero-order chi connectivity index (χ0) is 21.3. The van der Waals surface area contributed by atoms with Gasteiger partial charge in [0.1, 0.15) is 11.6 Å². The number of nitrogens with zero attached hydrogens (tertiary/aromatic N) is 2. The first-order valence-electron chi connectivity index (χ1n) is 10.0. The lowest BCUT2D eigenvalue weighted by atomic mass is 9.75. The van der Waals surface area contributed by atoms with E-state index in [0.29, 0.717) is 35.9 Å². The van der Waals surface area contributed by atoms with Crippen molar-refractivity contribution in [2.45, 2.75) is 33.6 Å². The first-order chi connectivity index (χ1) is 14.4. The number of carbonyl (C=O) groups excluding carboxylic acids is 1. The molecule has 2 aromatic carbocycles. The Hall–Kier alpha value is -3.41. The zero-order valence-electron chi connectivity index (χ0n) is 17.7. The number of nitrogens with one attached hydrogen (secondary N) is 2. The van der Waals surface area contributed by atoms with Gasteiger partial charge in [-0.1, -0.05) is 44.2 Å². The van der Waals surface area contributed by atoms with Crippen molar-refractivity contribution in [3.8, 4) is 5.75 Å². The number of para-hydroxylation sites is 3. The van der Waals surface area contributed by atoms with E-state index in [2.05, 4.69) is 29.5 Å².